The van der Waals surface area contributed by atoms with Gasteiger partial charge in [-0.2, -0.15) is 0 Å². The van der Waals surface area contributed by atoms with Crippen molar-refractivity contribution in [2.45, 2.75) is 12.5 Å². The van der Waals surface area contributed by atoms with Crippen LogP contribution in [0.3, 0.4) is 0 Å². The van der Waals surface area contributed by atoms with Crippen molar-refractivity contribution in [2.75, 3.05) is 28.8 Å². The summed E-state index contributed by atoms with van der Waals surface area (Å²) in [7, 11) is -1.26. The lowest BCUT2D eigenvalue weighted by Gasteiger charge is -2.23. The summed E-state index contributed by atoms with van der Waals surface area (Å²) >= 11 is 0. The van der Waals surface area contributed by atoms with Crippen molar-refractivity contribution in [3.63, 3.8) is 0 Å². The van der Waals surface area contributed by atoms with Crippen molar-refractivity contribution in [1.29, 1.82) is 0 Å². The number of hydrogen-bond acceptors (Lipinski definition) is 6. The fourth-order valence-electron chi connectivity index (χ4n) is 2.60. The molecule has 1 fully saturated rings. The monoisotopic (exact) mass is 364 g/mol. The maximum Gasteiger partial charge on any atom is 0.258 e. The van der Waals surface area contributed by atoms with Gasteiger partial charge in [-0.1, -0.05) is 0 Å². The lowest BCUT2D eigenvalue weighted by atomic mass is 10.2. The van der Waals surface area contributed by atoms with Crippen LogP contribution in [0, 0.1) is 5.82 Å². The molecule has 1 aliphatic heterocycles. The summed E-state index contributed by atoms with van der Waals surface area (Å²) in [4.78, 5) is 22.2. The zero-order valence-corrected chi connectivity index (χ0v) is 14.3. The second-order valence-corrected chi connectivity index (χ2v) is 8.13. The predicted octanol–water partition coefficient (Wildman–Crippen LogP) is 1.49. The summed E-state index contributed by atoms with van der Waals surface area (Å²) in [5.41, 5.74) is 0.712. The first-order chi connectivity index (χ1) is 11.8. The largest absolute Gasteiger partial charge is 0.340 e. The number of nitrogens with one attached hydrogen (secondary N) is 1. The molecule has 9 heteroatoms. The van der Waals surface area contributed by atoms with Crippen LogP contribution >= 0.6 is 0 Å². The van der Waals surface area contributed by atoms with Gasteiger partial charge in [0.15, 0.2) is 9.84 Å². The van der Waals surface area contributed by atoms with E-state index in [4.69, 9.17) is 0 Å². The normalized spacial score (nSPS) is 18.7. The van der Waals surface area contributed by atoms with Crippen LogP contribution in [0.15, 0.2) is 36.7 Å². The highest BCUT2D eigenvalue weighted by Crippen LogP contribution is 2.20. The molecule has 1 unspecified atom stereocenters. The predicted molar refractivity (Wildman–Crippen MR) is 91.8 cm³/mol. The van der Waals surface area contributed by atoms with Gasteiger partial charge in [-0.25, -0.2) is 22.8 Å². The number of amides is 1. The summed E-state index contributed by atoms with van der Waals surface area (Å²) in [6, 6.07) is 5.25. The highest BCUT2D eigenvalue weighted by atomic mass is 32.2. The van der Waals surface area contributed by atoms with E-state index in [0.29, 0.717) is 18.1 Å². The molecule has 1 atom stereocenters. The molecule has 1 aliphatic rings. The average molecular weight is 364 g/mol. The number of carbonyl (C=O) groups is 1. The molecule has 0 radical (unpaired) electrons. The van der Waals surface area contributed by atoms with Crippen LogP contribution in [0.2, 0.25) is 0 Å². The number of aromatic nitrogens is 2. The molecule has 2 aromatic rings. The van der Waals surface area contributed by atoms with E-state index in [9.17, 15) is 17.6 Å². The third-order valence-corrected chi connectivity index (χ3v) is 5.82. The molecule has 7 nitrogen and oxygen atoms in total. The zero-order valence-electron chi connectivity index (χ0n) is 13.5. The molecule has 1 aromatic heterocycles. The van der Waals surface area contributed by atoms with Gasteiger partial charge >= 0.3 is 0 Å². The van der Waals surface area contributed by atoms with Crippen molar-refractivity contribution in [3.05, 3.63) is 48.0 Å². The lowest BCUT2D eigenvalue weighted by molar-refractivity contribution is 0.102. The van der Waals surface area contributed by atoms with E-state index >= 15 is 0 Å². The third kappa shape index (κ3) is 4.11. The van der Waals surface area contributed by atoms with Crippen LogP contribution in [0.25, 0.3) is 0 Å². The van der Waals surface area contributed by atoms with Crippen molar-refractivity contribution in [2.24, 2.45) is 0 Å². The Balaban J connectivity index is 1.67. The number of hydrogen-bond donors (Lipinski definition) is 1. The molecule has 1 amide bonds. The van der Waals surface area contributed by atoms with E-state index in [-0.39, 0.29) is 28.9 Å². The van der Waals surface area contributed by atoms with Gasteiger partial charge in [0.05, 0.1) is 17.1 Å². The number of carbonyl (C=O) groups excluding carboxylic acids is 1. The van der Waals surface area contributed by atoms with Gasteiger partial charge in [-0.15, -0.1) is 0 Å². The van der Waals surface area contributed by atoms with Crippen LogP contribution < -0.4 is 10.2 Å². The minimum atomic E-state index is -3.00. The van der Waals surface area contributed by atoms with Gasteiger partial charge in [0.2, 0.25) is 5.95 Å². The smallest absolute Gasteiger partial charge is 0.258 e. The molecule has 2 heterocycles. The van der Waals surface area contributed by atoms with E-state index in [1.54, 1.807) is 11.9 Å². The SMILES string of the molecule is CN(c1ncc(C(=O)Nc2ccc(F)cc2)cn1)C1CCS(=O)(=O)C1. The van der Waals surface area contributed by atoms with Gasteiger partial charge in [0.1, 0.15) is 5.82 Å². The first-order valence-electron chi connectivity index (χ1n) is 7.66. The molecule has 132 valence electrons. The first kappa shape index (κ1) is 17.3. The molecule has 0 saturated carbocycles. The minimum Gasteiger partial charge on any atom is -0.340 e. The number of rotatable bonds is 4. The molecule has 1 aromatic carbocycles. The second kappa shape index (κ2) is 6.75. The number of anilines is 2. The minimum absolute atomic E-state index is 0.0830. The van der Waals surface area contributed by atoms with Gasteiger partial charge < -0.3 is 10.2 Å². The Hall–Kier alpha value is -2.55. The van der Waals surface area contributed by atoms with Crippen molar-refractivity contribution in [1.82, 2.24) is 9.97 Å². The number of halogens is 1. The van der Waals surface area contributed by atoms with Gasteiger partial charge in [0, 0.05) is 31.2 Å². The van der Waals surface area contributed by atoms with E-state index in [1.165, 1.54) is 36.7 Å². The maximum absolute atomic E-state index is 12.9. The van der Waals surface area contributed by atoms with Crippen LogP contribution in [-0.4, -0.2) is 48.9 Å². The summed E-state index contributed by atoms with van der Waals surface area (Å²) in [5.74, 6) is -0.188. The Morgan fingerprint density at radius 1 is 1.24 bits per heavy atom. The fraction of sp³-hybridized carbons (Fsp3) is 0.312. The molecule has 0 spiro atoms. The lowest BCUT2D eigenvalue weighted by Crippen LogP contribution is -2.34. The standard InChI is InChI=1S/C16H17FN4O3S/c1-21(14-6-7-25(23,24)10-14)16-18-8-11(9-19-16)15(22)20-13-4-2-12(17)3-5-13/h2-5,8-9,14H,6-7,10H2,1H3,(H,20,22). The Morgan fingerprint density at radius 3 is 2.44 bits per heavy atom. The fourth-order valence-corrected chi connectivity index (χ4v) is 4.38. The molecule has 1 N–H and O–H groups in total. The number of sulfone groups is 1. The highest BCUT2D eigenvalue weighted by Gasteiger charge is 2.31. The third-order valence-electron chi connectivity index (χ3n) is 4.07. The second-order valence-electron chi connectivity index (χ2n) is 5.90. The van der Waals surface area contributed by atoms with Crippen LogP contribution in [-0.2, 0) is 9.84 Å². The van der Waals surface area contributed by atoms with Crippen molar-refractivity contribution < 1.29 is 17.6 Å². The highest BCUT2D eigenvalue weighted by molar-refractivity contribution is 7.91. The average Bonchev–Trinajstić information content (AvgIpc) is 2.96. The van der Waals surface area contributed by atoms with Crippen LogP contribution in [0.1, 0.15) is 16.8 Å². The molecule has 25 heavy (non-hydrogen) atoms. The Morgan fingerprint density at radius 2 is 1.88 bits per heavy atom. The summed E-state index contributed by atoms with van der Waals surface area (Å²) in [5, 5.41) is 2.62. The number of benzene rings is 1. The van der Waals surface area contributed by atoms with E-state index in [1.807, 2.05) is 0 Å². The Bertz CT molecular complexity index is 869. The first-order valence-corrected chi connectivity index (χ1v) is 9.48. The van der Waals surface area contributed by atoms with Crippen molar-refractivity contribution >= 4 is 27.4 Å². The van der Waals surface area contributed by atoms with Gasteiger partial charge in [0.25, 0.3) is 5.91 Å². The van der Waals surface area contributed by atoms with Gasteiger partial charge in [-0.3, -0.25) is 4.79 Å². The molecule has 3 rings (SSSR count). The summed E-state index contributed by atoms with van der Waals surface area (Å²) in [6.45, 7) is 0. The van der Waals surface area contributed by atoms with Gasteiger partial charge in [-0.05, 0) is 30.7 Å². The topological polar surface area (TPSA) is 92.3 Å². The van der Waals surface area contributed by atoms with Crippen LogP contribution in [0.4, 0.5) is 16.0 Å². The quantitative estimate of drug-likeness (QED) is 0.884. The summed E-state index contributed by atoms with van der Waals surface area (Å²) in [6.07, 6.45) is 3.29. The maximum atomic E-state index is 12.9. The van der Waals surface area contributed by atoms with Crippen LogP contribution in [0.5, 0.6) is 0 Å². The molecule has 0 bridgehead atoms. The molecule has 0 aliphatic carbocycles. The molecular weight excluding hydrogens is 347 g/mol. The van der Waals surface area contributed by atoms with E-state index < -0.39 is 15.7 Å². The number of nitrogens with zero attached hydrogens (tertiary/aromatic N) is 3. The van der Waals surface area contributed by atoms with E-state index in [2.05, 4.69) is 15.3 Å². The molecule has 1 saturated heterocycles. The van der Waals surface area contributed by atoms with E-state index in [0.717, 1.165) is 0 Å². The Labute approximate surface area is 144 Å². The Kier molecular flexibility index (Phi) is 4.67. The van der Waals surface area contributed by atoms with Crippen molar-refractivity contribution in [3.8, 4) is 0 Å². The zero-order chi connectivity index (χ0) is 18.0. The summed E-state index contributed by atoms with van der Waals surface area (Å²) < 4.78 is 36.0. The molecular formula is C16H17FN4O3S.